The Morgan fingerprint density at radius 2 is 2.05 bits per heavy atom. The maximum absolute atomic E-state index is 12.6. The highest BCUT2D eigenvalue weighted by Gasteiger charge is 2.31. The zero-order chi connectivity index (χ0) is 13.4. The predicted molar refractivity (Wildman–Crippen MR) is 79.6 cm³/mol. The highest BCUT2D eigenvalue weighted by molar-refractivity contribution is 9.10. The molecule has 1 aromatic rings. The predicted octanol–water partition coefficient (Wildman–Crippen LogP) is 3.07. The van der Waals surface area contributed by atoms with Gasteiger partial charge in [0.05, 0.1) is 0 Å². The largest absolute Gasteiger partial charge is 0.337 e. The molecule has 3 nitrogen and oxygen atoms in total. The summed E-state index contributed by atoms with van der Waals surface area (Å²) in [4.78, 5) is 14.5. The average Bonchev–Trinajstić information content (AvgIpc) is 2.67. The monoisotopic (exact) mass is 342 g/mol. The second kappa shape index (κ2) is 5.43. The second-order valence-electron chi connectivity index (χ2n) is 5.34. The molecule has 2 aliphatic rings. The van der Waals surface area contributed by atoms with Crippen LogP contribution in [-0.4, -0.2) is 36.0 Å². The number of rotatable bonds is 1. The minimum atomic E-state index is 0.0811. The number of nitrogens with one attached hydrogen (secondary N) is 1. The van der Waals surface area contributed by atoms with Gasteiger partial charge in [-0.1, -0.05) is 27.5 Å². The van der Waals surface area contributed by atoms with Gasteiger partial charge in [0.2, 0.25) is 0 Å². The van der Waals surface area contributed by atoms with Crippen LogP contribution in [0.3, 0.4) is 0 Å². The third-order valence-corrected chi connectivity index (χ3v) is 4.60. The van der Waals surface area contributed by atoms with Crippen molar-refractivity contribution in [2.45, 2.75) is 31.3 Å². The molecule has 2 aliphatic heterocycles. The molecule has 0 radical (unpaired) electrons. The Kier molecular flexibility index (Phi) is 3.83. The van der Waals surface area contributed by atoms with Crippen molar-refractivity contribution < 1.29 is 4.79 Å². The summed E-state index contributed by atoms with van der Waals surface area (Å²) in [5, 5.41) is 4.17. The first-order valence-electron chi connectivity index (χ1n) is 6.63. The molecule has 1 aromatic carbocycles. The number of halogens is 2. The summed E-state index contributed by atoms with van der Waals surface area (Å²) in [6.07, 6.45) is 3.47. The van der Waals surface area contributed by atoms with Gasteiger partial charge in [-0.05, 0) is 37.5 Å². The number of hydrogen-bond acceptors (Lipinski definition) is 2. The van der Waals surface area contributed by atoms with Crippen LogP contribution in [0, 0.1) is 0 Å². The quantitative estimate of drug-likeness (QED) is 0.850. The van der Waals surface area contributed by atoms with E-state index in [1.807, 2.05) is 11.0 Å². The molecule has 3 rings (SSSR count). The molecule has 2 atom stereocenters. The van der Waals surface area contributed by atoms with Crippen molar-refractivity contribution in [1.29, 1.82) is 0 Å². The third kappa shape index (κ3) is 2.96. The van der Waals surface area contributed by atoms with Crippen molar-refractivity contribution in [1.82, 2.24) is 10.2 Å². The Hall–Kier alpha value is -0.580. The van der Waals surface area contributed by atoms with Gasteiger partial charge in [0.25, 0.3) is 5.91 Å². The summed E-state index contributed by atoms with van der Waals surface area (Å²) in [6, 6.07) is 6.42. The van der Waals surface area contributed by atoms with Crippen molar-refractivity contribution in [3.05, 3.63) is 33.3 Å². The van der Waals surface area contributed by atoms with Crippen LogP contribution in [0.4, 0.5) is 0 Å². The van der Waals surface area contributed by atoms with Gasteiger partial charge in [0.1, 0.15) is 0 Å². The van der Waals surface area contributed by atoms with Crippen molar-refractivity contribution in [3.8, 4) is 0 Å². The van der Waals surface area contributed by atoms with Crippen LogP contribution < -0.4 is 5.32 Å². The number of fused-ring (bicyclic) bond motifs is 2. The molecule has 2 unspecified atom stereocenters. The summed E-state index contributed by atoms with van der Waals surface area (Å²) in [7, 11) is 0. The Bertz CT molecular complexity index is 488. The van der Waals surface area contributed by atoms with Gasteiger partial charge in [-0.2, -0.15) is 0 Å². The lowest BCUT2D eigenvalue weighted by molar-refractivity contribution is 0.0748. The van der Waals surface area contributed by atoms with Gasteiger partial charge >= 0.3 is 0 Å². The standard InChI is InChI=1S/C14H16BrClN2O/c15-10-5-9(6-11(16)7-10)14(19)18-4-3-12-1-2-13(8-18)17-12/h5-7,12-13,17H,1-4,8H2. The lowest BCUT2D eigenvalue weighted by atomic mass is 10.1. The number of carbonyl (C=O) groups is 1. The lowest BCUT2D eigenvalue weighted by Gasteiger charge is -2.24. The molecule has 2 bridgehead atoms. The van der Waals surface area contributed by atoms with E-state index in [2.05, 4.69) is 21.2 Å². The minimum Gasteiger partial charge on any atom is -0.337 e. The van der Waals surface area contributed by atoms with Crippen molar-refractivity contribution >= 4 is 33.4 Å². The average molecular weight is 344 g/mol. The zero-order valence-corrected chi connectivity index (χ0v) is 12.9. The summed E-state index contributed by atoms with van der Waals surface area (Å²) in [6.45, 7) is 1.64. The first-order valence-corrected chi connectivity index (χ1v) is 7.80. The van der Waals surface area contributed by atoms with Gasteiger partial charge in [-0.3, -0.25) is 4.79 Å². The Morgan fingerprint density at radius 1 is 1.26 bits per heavy atom. The smallest absolute Gasteiger partial charge is 0.253 e. The maximum atomic E-state index is 12.6. The Labute approximate surface area is 126 Å². The van der Waals surface area contributed by atoms with Gasteiger partial charge in [-0.25, -0.2) is 0 Å². The van der Waals surface area contributed by atoms with Crippen LogP contribution in [0.25, 0.3) is 0 Å². The number of hydrogen-bond donors (Lipinski definition) is 1. The summed E-state index contributed by atoms with van der Waals surface area (Å²) >= 11 is 9.40. The molecule has 0 spiro atoms. The number of nitrogens with zero attached hydrogens (tertiary/aromatic N) is 1. The molecular formula is C14H16BrClN2O. The first-order chi connectivity index (χ1) is 9.11. The van der Waals surface area contributed by atoms with Crippen LogP contribution in [0.15, 0.2) is 22.7 Å². The molecule has 1 N–H and O–H groups in total. The van der Waals surface area contributed by atoms with Crippen LogP contribution in [0.1, 0.15) is 29.6 Å². The first kappa shape index (κ1) is 13.4. The molecule has 19 heavy (non-hydrogen) atoms. The second-order valence-corrected chi connectivity index (χ2v) is 6.69. The molecule has 2 saturated heterocycles. The molecule has 102 valence electrons. The molecule has 2 fully saturated rings. The topological polar surface area (TPSA) is 32.3 Å². The van der Waals surface area contributed by atoms with E-state index in [0.29, 0.717) is 22.7 Å². The SMILES string of the molecule is O=C(c1cc(Cl)cc(Br)c1)N1CCC2CCC(C1)N2. The fourth-order valence-corrected chi connectivity index (χ4v) is 3.85. The highest BCUT2D eigenvalue weighted by atomic mass is 79.9. The van der Waals surface area contributed by atoms with E-state index < -0.39 is 0 Å². The molecule has 2 heterocycles. The number of amides is 1. The van der Waals surface area contributed by atoms with Crippen molar-refractivity contribution in [2.75, 3.05) is 13.1 Å². The minimum absolute atomic E-state index is 0.0811. The van der Waals surface area contributed by atoms with E-state index in [1.165, 1.54) is 12.8 Å². The molecular weight excluding hydrogens is 328 g/mol. The zero-order valence-electron chi connectivity index (χ0n) is 10.5. The normalized spacial score (nSPS) is 26.3. The third-order valence-electron chi connectivity index (χ3n) is 3.92. The Balaban J connectivity index is 1.79. The van der Waals surface area contributed by atoms with Crippen LogP contribution in [0.2, 0.25) is 5.02 Å². The van der Waals surface area contributed by atoms with E-state index in [0.717, 1.165) is 24.0 Å². The van der Waals surface area contributed by atoms with Crippen LogP contribution >= 0.6 is 27.5 Å². The summed E-state index contributed by atoms with van der Waals surface area (Å²) in [5.74, 6) is 0.0811. The Morgan fingerprint density at radius 3 is 2.84 bits per heavy atom. The van der Waals surface area contributed by atoms with E-state index in [1.54, 1.807) is 12.1 Å². The van der Waals surface area contributed by atoms with E-state index in [-0.39, 0.29) is 5.91 Å². The van der Waals surface area contributed by atoms with Crippen molar-refractivity contribution in [2.24, 2.45) is 0 Å². The van der Waals surface area contributed by atoms with Gasteiger partial charge in [0, 0.05) is 40.2 Å². The fraction of sp³-hybridized carbons (Fsp3) is 0.500. The summed E-state index contributed by atoms with van der Waals surface area (Å²) < 4.78 is 0.845. The summed E-state index contributed by atoms with van der Waals surface area (Å²) in [5.41, 5.74) is 0.664. The number of carbonyl (C=O) groups excluding carboxylic acids is 1. The van der Waals surface area contributed by atoms with Gasteiger partial charge in [0.15, 0.2) is 0 Å². The maximum Gasteiger partial charge on any atom is 0.253 e. The highest BCUT2D eigenvalue weighted by Crippen LogP contribution is 2.24. The van der Waals surface area contributed by atoms with E-state index >= 15 is 0 Å². The molecule has 1 amide bonds. The number of likely N-dealkylation sites (tertiary alicyclic amines) is 1. The van der Waals surface area contributed by atoms with Gasteiger partial charge in [-0.15, -0.1) is 0 Å². The van der Waals surface area contributed by atoms with E-state index in [9.17, 15) is 4.79 Å². The van der Waals surface area contributed by atoms with E-state index in [4.69, 9.17) is 11.6 Å². The molecule has 0 aromatic heterocycles. The van der Waals surface area contributed by atoms with Crippen LogP contribution in [-0.2, 0) is 0 Å². The number of benzene rings is 1. The molecule has 0 saturated carbocycles. The fourth-order valence-electron chi connectivity index (χ4n) is 2.99. The van der Waals surface area contributed by atoms with Crippen LogP contribution in [0.5, 0.6) is 0 Å². The molecule has 5 heteroatoms. The van der Waals surface area contributed by atoms with Gasteiger partial charge < -0.3 is 10.2 Å². The van der Waals surface area contributed by atoms with Crippen molar-refractivity contribution in [3.63, 3.8) is 0 Å². The molecule has 0 aliphatic carbocycles. The lowest BCUT2D eigenvalue weighted by Crippen LogP contribution is -2.39.